The zero-order chi connectivity index (χ0) is 28.6. The molecule has 0 heterocycles. The highest BCUT2D eigenvalue weighted by Crippen LogP contribution is 2.27. The molecule has 3 rings (SSSR count). The van der Waals surface area contributed by atoms with Crippen LogP contribution in [0.3, 0.4) is 0 Å². The standard InChI is InChI=1S/C30H36FN3O4S/c1-5-6-19-32-30(36)24(4)33(20-25-12-8-9-13-27(25)31)29(35)21-34(28-14-10-7-11-23(28)3)39(37,38)26-17-15-22(2)16-18-26/h7-18,24H,5-6,19-21H2,1-4H3,(H,32,36). The number of nitrogens with zero attached hydrogens (tertiary/aromatic N) is 2. The van der Waals surface area contributed by atoms with Crippen molar-refractivity contribution in [1.29, 1.82) is 0 Å². The summed E-state index contributed by atoms with van der Waals surface area (Å²) in [6.45, 7) is 6.86. The third kappa shape index (κ3) is 7.44. The highest BCUT2D eigenvalue weighted by Gasteiger charge is 2.33. The Labute approximate surface area is 230 Å². The van der Waals surface area contributed by atoms with Crippen LogP contribution < -0.4 is 9.62 Å². The molecule has 2 amide bonds. The quantitative estimate of drug-likeness (QED) is 0.321. The van der Waals surface area contributed by atoms with Gasteiger partial charge in [-0.25, -0.2) is 12.8 Å². The van der Waals surface area contributed by atoms with E-state index in [1.165, 1.54) is 23.1 Å². The Morgan fingerprint density at radius 1 is 0.949 bits per heavy atom. The topological polar surface area (TPSA) is 86.8 Å². The fourth-order valence-corrected chi connectivity index (χ4v) is 5.60. The van der Waals surface area contributed by atoms with Gasteiger partial charge in [-0.2, -0.15) is 0 Å². The molecule has 0 aromatic heterocycles. The normalized spacial score (nSPS) is 12.0. The summed E-state index contributed by atoms with van der Waals surface area (Å²) in [7, 11) is -4.16. The fraction of sp³-hybridized carbons (Fsp3) is 0.333. The summed E-state index contributed by atoms with van der Waals surface area (Å²) in [6.07, 6.45) is 1.66. The van der Waals surface area contributed by atoms with Crippen LogP contribution in [0.25, 0.3) is 0 Å². The second kappa shape index (κ2) is 13.4. The molecule has 0 aliphatic rings. The van der Waals surface area contributed by atoms with E-state index in [0.29, 0.717) is 17.8 Å². The van der Waals surface area contributed by atoms with E-state index in [-0.39, 0.29) is 17.0 Å². The van der Waals surface area contributed by atoms with Crippen LogP contribution >= 0.6 is 0 Å². The molecule has 208 valence electrons. The lowest BCUT2D eigenvalue weighted by molar-refractivity contribution is -0.139. The minimum atomic E-state index is -4.16. The van der Waals surface area contributed by atoms with Crippen molar-refractivity contribution in [2.75, 3.05) is 17.4 Å². The summed E-state index contributed by atoms with van der Waals surface area (Å²) in [5.41, 5.74) is 2.12. The highest BCUT2D eigenvalue weighted by molar-refractivity contribution is 7.92. The van der Waals surface area contributed by atoms with Gasteiger partial charge >= 0.3 is 0 Å². The Morgan fingerprint density at radius 2 is 1.59 bits per heavy atom. The average Bonchev–Trinajstić information content (AvgIpc) is 2.91. The van der Waals surface area contributed by atoms with Crippen molar-refractivity contribution in [3.63, 3.8) is 0 Å². The second-order valence-electron chi connectivity index (χ2n) is 9.54. The maximum Gasteiger partial charge on any atom is 0.264 e. The minimum absolute atomic E-state index is 0.0372. The summed E-state index contributed by atoms with van der Waals surface area (Å²) in [4.78, 5) is 28.1. The summed E-state index contributed by atoms with van der Waals surface area (Å²) in [6, 6.07) is 18.3. The lowest BCUT2D eigenvalue weighted by Crippen LogP contribution is -2.51. The van der Waals surface area contributed by atoms with Crippen LogP contribution in [0, 0.1) is 19.7 Å². The van der Waals surface area contributed by atoms with Crippen LogP contribution in [-0.2, 0) is 26.2 Å². The fourth-order valence-electron chi connectivity index (χ4n) is 4.12. The molecular weight excluding hydrogens is 517 g/mol. The number of amides is 2. The van der Waals surface area contributed by atoms with Gasteiger partial charge in [0.05, 0.1) is 10.6 Å². The number of sulfonamides is 1. The van der Waals surface area contributed by atoms with Crippen LogP contribution in [0.15, 0.2) is 77.7 Å². The number of para-hydroxylation sites is 1. The Bertz CT molecular complexity index is 1390. The van der Waals surface area contributed by atoms with Crippen molar-refractivity contribution in [2.45, 2.75) is 58.0 Å². The SMILES string of the molecule is CCCCNC(=O)C(C)N(Cc1ccccc1F)C(=O)CN(c1ccccc1C)S(=O)(=O)c1ccc(C)cc1. The van der Waals surface area contributed by atoms with E-state index in [2.05, 4.69) is 5.32 Å². The van der Waals surface area contributed by atoms with Gasteiger partial charge in [-0.15, -0.1) is 0 Å². The van der Waals surface area contributed by atoms with Gasteiger partial charge in [0, 0.05) is 18.7 Å². The zero-order valence-electron chi connectivity index (χ0n) is 22.9. The first kappa shape index (κ1) is 29.8. The van der Waals surface area contributed by atoms with Crippen LogP contribution in [0.5, 0.6) is 0 Å². The molecule has 0 fully saturated rings. The van der Waals surface area contributed by atoms with E-state index in [9.17, 15) is 22.4 Å². The Kier molecular flexibility index (Phi) is 10.2. The molecule has 1 unspecified atom stereocenters. The van der Waals surface area contributed by atoms with Crippen LogP contribution in [0.2, 0.25) is 0 Å². The molecular formula is C30H36FN3O4S. The average molecular weight is 554 g/mol. The summed E-state index contributed by atoms with van der Waals surface area (Å²) in [5.74, 6) is -1.54. The number of unbranched alkanes of at least 4 members (excludes halogenated alkanes) is 1. The lowest BCUT2D eigenvalue weighted by atomic mass is 10.1. The molecule has 0 spiro atoms. The molecule has 0 saturated carbocycles. The second-order valence-corrected chi connectivity index (χ2v) is 11.4. The molecule has 9 heteroatoms. The summed E-state index contributed by atoms with van der Waals surface area (Å²) in [5, 5.41) is 2.82. The molecule has 0 aliphatic carbocycles. The van der Waals surface area contributed by atoms with E-state index < -0.39 is 40.2 Å². The number of carbonyl (C=O) groups excluding carboxylic acids is 2. The number of aryl methyl sites for hydroxylation is 2. The first-order chi connectivity index (χ1) is 18.6. The monoisotopic (exact) mass is 553 g/mol. The third-order valence-electron chi connectivity index (χ3n) is 6.57. The van der Waals surface area contributed by atoms with E-state index in [1.54, 1.807) is 68.4 Å². The van der Waals surface area contributed by atoms with Crippen molar-refractivity contribution in [3.8, 4) is 0 Å². The van der Waals surface area contributed by atoms with Gasteiger partial charge in [0.25, 0.3) is 10.0 Å². The zero-order valence-corrected chi connectivity index (χ0v) is 23.7. The summed E-state index contributed by atoms with van der Waals surface area (Å²) >= 11 is 0. The number of anilines is 1. The van der Waals surface area contributed by atoms with Crippen molar-refractivity contribution >= 4 is 27.5 Å². The Hall–Kier alpha value is -3.72. The van der Waals surface area contributed by atoms with E-state index >= 15 is 0 Å². The number of hydrogen-bond donors (Lipinski definition) is 1. The predicted octanol–water partition coefficient (Wildman–Crippen LogP) is 4.97. The molecule has 1 N–H and O–H groups in total. The maximum absolute atomic E-state index is 14.6. The Balaban J connectivity index is 2.02. The maximum atomic E-state index is 14.6. The molecule has 39 heavy (non-hydrogen) atoms. The molecule has 0 saturated heterocycles. The van der Waals surface area contributed by atoms with Gasteiger partial charge in [-0.3, -0.25) is 13.9 Å². The smallest absolute Gasteiger partial charge is 0.264 e. The van der Waals surface area contributed by atoms with Gasteiger partial charge in [-0.1, -0.05) is 67.4 Å². The first-order valence-corrected chi connectivity index (χ1v) is 14.5. The number of nitrogens with one attached hydrogen (secondary N) is 1. The van der Waals surface area contributed by atoms with Crippen LogP contribution in [0.4, 0.5) is 10.1 Å². The number of rotatable bonds is 12. The number of benzene rings is 3. The van der Waals surface area contributed by atoms with E-state index in [0.717, 1.165) is 22.7 Å². The molecule has 0 bridgehead atoms. The van der Waals surface area contributed by atoms with E-state index in [4.69, 9.17) is 0 Å². The van der Waals surface area contributed by atoms with Crippen molar-refractivity contribution in [3.05, 3.63) is 95.3 Å². The minimum Gasteiger partial charge on any atom is -0.354 e. The summed E-state index contributed by atoms with van der Waals surface area (Å²) < 4.78 is 43.4. The van der Waals surface area contributed by atoms with Crippen LogP contribution in [-0.4, -0.2) is 44.3 Å². The molecule has 3 aromatic carbocycles. The lowest BCUT2D eigenvalue weighted by Gasteiger charge is -2.32. The van der Waals surface area contributed by atoms with Gasteiger partial charge in [-0.05, 0) is 57.0 Å². The molecule has 0 aliphatic heterocycles. The van der Waals surface area contributed by atoms with Crippen molar-refractivity contribution in [1.82, 2.24) is 10.2 Å². The van der Waals surface area contributed by atoms with Gasteiger partial charge in [0.1, 0.15) is 18.4 Å². The van der Waals surface area contributed by atoms with E-state index in [1.807, 2.05) is 13.8 Å². The van der Waals surface area contributed by atoms with Crippen LogP contribution in [0.1, 0.15) is 43.4 Å². The highest BCUT2D eigenvalue weighted by atomic mass is 32.2. The molecule has 1 atom stereocenters. The predicted molar refractivity (Wildman–Crippen MR) is 151 cm³/mol. The van der Waals surface area contributed by atoms with Gasteiger partial charge < -0.3 is 10.2 Å². The largest absolute Gasteiger partial charge is 0.354 e. The molecule has 7 nitrogen and oxygen atoms in total. The molecule has 3 aromatic rings. The van der Waals surface area contributed by atoms with Gasteiger partial charge in [0.2, 0.25) is 11.8 Å². The number of halogens is 1. The van der Waals surface area contributed by atoms with Crippen molar-refractivity contribution in [2.24, 2.45) is 0 Å². The van der Waals surface area contributed by atoms with Gasteiger partial charge in [0.15, 0.2) is 0 Å². The number of carbonyl (C=O) groups is 2. The van der Waals surface area contributed by atoms with Crippen molar-refractivity contribution < 1.29 is 22.4 Å². The third-order valence-corrected chi connectivity index (χ3v) is 8.34. The Morgan fingerprint density at radius 3 is 2.23 bits per heavy atom. The first-order valence-electron chi connectivity index (χ1n) is 13.0. The number of hydrogen-bond acceptors (Lipinski definition) is 4. The molecule has 0 radical (unpaired) electrons.